The molecule has 1 aliphatic rings. The van der Waals surface area contributed by atoms with E-state index in [-0.39, 0.29) is 17.5 Å². The minimum Gasteiger partial charge on any atom is -0.449 e. The van der Waals surface area contributed by atoms with Crippen molar-refractivity contribution in [3.8, 4) is 0 Å². The van der Waals surface area contributed by atoms with Gasteiger partial charge < -0.3 is 10.1 Å². The Bertz CT molecular complexity index is 649. The van der Waals surface area contributed by atoms with Crippen LogP contribution < -0.4 is 5.32 Å². The zero-order valence-electron chi connectivity index (χ0n) is 13.8. The Labute approximate surface area is 144 Å². The van der Waals surface area contributed by atoms with Gasteiger partial charge in [-0.05, 0) is 43.5 Å². The van der Waals surface area contributed by atoms with Gasteiger partial charge in [0.1, 0.15) is 0 Å². The summed E-state index contributed by atoms with van der Waals surface area (Å²) in [5.74, 6) is -1.15. The quantitative estimate of drug-likeness (QED) is 0.647. The third-order valence-electron chi connectivity index (χ3n) is 3.99. The normalized spacial score (nSPS) is 16.8. The lowest BCUT2D eigenvalue weighted by Crippen LogP contribution is -2.40. The molecule has 0 heterocycles. The second kappa shape index (κ2) is 8.18. The first-order valence-corrected chi connectivity index (χ1v) is 8.12. The van der Waals surface area contributed by atoms with Gasteiger partial charge in [-0.1, -0.05) is 25.0 Å². The molecule has 1 N–H and O–H groups in total. The van der Waals surface area contributed by atoms with Gasteiger partial charge in [-0.2, -0.15) is 13.2 Å². The molecule has 25 heavy (non-hydrogen) atoms. The summed E-state index contributed by atoms with van der Waals surface area (Å²) >= 11 is 0. The number of benzene rings is 1. The van der Waals surface area contributed by atoms with Crippen molar-refractivity contribution < 1.29 is 27.5 Å². The highest BCUT2D eigenvalue weighted by Gasteiger charge is 2.30. The zero-order valence-corrected chi connectivity index (χ0v) is 13.8. The van der Waals surface area contributed by atoms with Crippen LogP contribution in [0.4, 0.5) is 13.2 Å². The van der Waals surface area contributed by atoms with Crippen molar-refractivity contribution in [2.45, 2.75) is 50.9 Å². The van der Waals surface area contributed by atoms with Crippen LogP contribution in [0.2, 0.25) is 0 Å². The zero-order chi connectivity index (χ0) is 18.4. The summed E-state index contributed by atoms with van der Waals surface area (Å²) < 4.78 is 42.9. The van der Waals surface area contributed by atoms with E-state index in [1.807, 2.05) is 0 Å². The van der Waals surface area contributed by atoms with Crippen molar-refractivity contribution in [3.63, 3.8) is 0 Å². The van der Waals surface area contributed by atoms with Crippen molar-refractivity contribution in [1.29, 1.82) is 0 Å². The second-order valence-corrected chi connectivity index (χ2v) is 6.03. The minimum atomic E-state index is -4.45. The molecule has 0 saturated heterocycles. The Morgan fingerprint density at radius 3 is 2.60 bits per heavy atom. The summed E-state index contributed by atoms with van der Waals surface area (Å²) in [7, 11) is 0. The van der Waals surface area contributed by atoms with Crippen molar-refractivity contribution in [2.24, 2.45) is 0 Å². The number of hydrogen-bond donors (Lipinski definition) is 1. The van der Waals surface area contributed by atoms with E-state index in [4.69, 9.17) is 4.74 Å². The van der Waals surface area contributed by atoms with E-state index in [0.717, 1.165) is 43.9 Å². The van der Waals surface area contributed by atoms with Crippen LogP contribution in [0.25, 0.3) is 6.08 Å². The van der Waals surface area contributed by atoms with Crippen LogP contribution in [0, 0.1) is 0 Å². The molecule has 2 rings (SSSR count). The molecule has 0 spiro atoms. The van der Waals surface area contributed by atoms with Gasteiger partial charge in [0, 0.05) is 12.1 Å². The maximum absolute atomic E-state index is 12.6. The number of hydrogen-bond acceptors (Lipinski definition) is 3. The molecule has 1 aliphatic carbocycles. The lowest BCUT2D eigenvalue weighted by atomic mass is 10.1. The fourth-order valence-electron chi connectivity index (χ4n) is 2.64. The summed E-state index contributed by atoms with van der Waals surface area (Å²) in [5.41, 5.74) is -0.581. The van der Waals surface area contributed by atoms with Crippen LogP contribution in [0.5, 0.6) is 0 Å². The molecule has 0 aliphatic heterocycles. The van der Waals surface area contributed by atoms with Crippen LogP contribution in [-0.2, 0) is 20.5 Å². The molecule has 1 saturated carbocycles. The Morgan fingerprint density at radius 2 is 1.96 bits per heavy atom. The summed E-state index contributed by atoms with van der Waals surface area (Å²) in [4.78, 5) is 23.7. The third kappa shape index (κ3) is 5.92. The van der Waals surface area contributed by atoms with E-state index in [1.165, 1.54) is 25.1 Å². The number of carbonyl (C=O) groups excluding carboxylic acids is 2. The predicted molar refractivity (Wildman–Crippen MR) is 86.4 cm³/mol. The van der Waals surface area contributed by atoms with Gasteiger partial charge in [0.25, 0.3) is 5.91 Å². The molecule has 4 nitrogen and oxygen atoms in total. The highest BCUT2D eigenvalue weighted by atomic mass is 19.4. The Morgan fingerprint density at radius 1 is 1.28 bits per heavy atom. The fraction of sp³-hybridized carbons (Fsp3) is 0.444. The monoisotopic (exact) mass is 355 g/mol. The first kappa shape index (κ1) is 19.0. The highest BCUT2D eigenvalue weighted by Crippen LogP contribution is 2.29. The van der Waals surface area contributed by atoms with E-state index >= 15 is 0 Å². The number of amides is 1. The van der Waals surface area contributed by atoms with E-state index in [9.17, 15) is 22.8 Å². The van der Waals surface area contributed by atoms with Gasteiger partial charge in [0.15, 0.2) is 6.10 Å². The maximum Gasteiger partial charge on any atom is 0.416 e. The van der Waals surface area contributed by atoms with E-state index < -0.39 is 23.8 Å². The van der Waals surface area contributed by atoms with E-state index in [2.05, 4.69) is 5.32 Å². The average molecular weight is 355 g/mol. The predicted octanol–water partition coefficient (Wildman–Crippen LogP) is 3.71. The van der Waals surface area contributed by atoms with E-state index in [1.54, 1.807) is 0 Å². The smallest absolute Gasteiger partial charge is 0.416 e. The summed E-state index contributed by atoms with van der Waals surface area (Å²) in [6.07, 6.45) is 0.798. The molecule has 0 unspecified atom stereocenters. The number of ether oxygens (including phenoxy) is 1. The van der Waals surface area contributed by atoms with Gasteiger partial charge in [-0.25, -0.2) is 4.79 Å². The maximum atomic E-state index is 12.6. The molecule has 7 heteroatoms. The molecular formula is C18H20F3NO3. The highest BCUT2D eigenvalue weighted by molar-refractivity contribution is 5.90. The van der Waals surface area contributed by atoms with Crippen molar-refractivity contribution in [2.75, 3.05) is 0 Å². The van der Waals surface area contributed by atoms with Gasteiger partial charge in [0.05, 0.1) is 5.56 Å². The topological polar surface area (TPSA) is 55.4 Å². The molecule has 1 atom stereocenters. The van der Waals surface area contributed by atoms with Crippen molar-refractivity contribution in [3.05, 3.63) is 41.5 Å². The number of carbonyl (C=O) groups is 2. The number of halogens is 3. The van der Waals surface area contributed by atoms with Crippen LogP contribution in [0.1, 0.15) is 43.7 Å². The molecule has 0 aromatic heterocycles. The molecule has 0 bridgehead atoms. The van der Waals surface area contributed by atoms with Gasteiger partial charge in [0.2, 0.25) is 0 Å². The Hall–Kier alpha value is -2.31. The van der Waals surface area contributed by atoms with E-state index in [0.29, 0.717) is 0 Å². The largest absolute Gasteiger partial charge is 0.449 e. The standard InChI is InChI=1S/C18H20F3NO3/c1-12(17(24)22-15-7-2-3-8-15)25-16(23)10-9-13-5-4-6-14(11-13)18(19,20)21/h4-6,9-12,15H,2-3,7-8H2,1H3,(H,22,24)/b10-9+/t12-/m0/s1. The Kier molecular flexibility index (Phi) is 6.22. The lowest BCUT2D eigenvalue weighted by Gasteiger charge is -2.16. The molecule has 136 valence electrons. The lowest BCUT2D eigenvalue weighted by molar-refractivity contribution is -0.150. The molecule has 1 aromatic carbocycles. The molecule has 1 amide bonds. The first-order valence-electron chi connectivity index (χ1n) is 8.12. The summed E-state index contributed by atoms with van der Waals surface area (Å²) in [5, 5.41) is 2.82. The first-order chi connectivity index (χ1) is 11.8. The van der Waals surface area contributed by atoms with Crippen molar-refractivity contribution in [1.82, 2.24) is 5.32 Å². The SMILES string of the molecule is C[C@H](OC(=O)/C=C/c1cccc(C(F)(F)F)c1)C(=O)NC1CCCC1. The number of esters is 1. The minimum absolute atomic E-state index is 0.120. The van der Waals surface area contributed by atoms with Gasteiger partial charge in [-0.3, -0.25) is 4.79 Å². The number of rotatable bonds is 5. The molecule has 1 fully saturated rings. The number of nitrogens with one attached hydrogen (secondary N) is 1. The van der Waals surface area contributed by atoms with Crippen molar-refractivity contribution >= 4 is 18.0 Å². The van der Waals surface area contributed by atoms with Crippen LogP contribution in [0.15, 0.2) is 30.3 Å². The van der Waals surface area contributed by atoms with Gasteiger partial charge in [-0.15, -0.1) is 0 Å². The average Bonchev–Trinajstić information content (AvgIpc) is 3.05. The van der Waals surface area contributed by atoms with Crippen LogP contribution in [-0.4, -0.2) is 24.0 Å². The molecule has 1 aromatic rings. The fourth-order valence-corrected chi connectivity index (χ4v) is 2.64. The van der Waals surface area contributed by atoms with Crippen LogP contribution >= 0.6 is 0 Å². The Balaban J connectivity index is 1.88. The molecular weight excluding hydrogens is 335 g/mol. The summed E-state index contributed by atoms with van der Waals surface area (Å²) in [6, 6.07) is 4.69. The van der Waals surface area contributed by atoms with Crippen LogP contribution in [0.3, 0.4) is 0 Å². The summed E-state index contributed by atoms with van der Waals surface area (Å²) in [6.45, 7) is 1.46. The second-order valence-electron chi connectivity index (χ2n) is 6.03. The number of alkyl halides is 3. The molecule has 0 radical (unpaired) electrons. The van der Waals surface area contributed by atoms with Gasteiger partial charge >= 0.3 is 12.1 Å². The third-order valence-corrected chi connectivity index (χ3v) is 3.99.